The topological polar surface area (TPSA) is 57.5 Å². The molecule has 2 N–H and O–H groups in total. The van der Waals surface area contributed by atoms with E-state index in [2.05, 4.69) is 19.1 Å². The van der Waals surface area contributed by atoms with Crippen molar-refractivity contribution in [2.75, 3.05) is 0 Å². The van der Waals surface area contributed by atoms with Gasteiger partial charge >= 0.3 is 0 Å². The summed E-state index contributed by atoms with van der Waals surface area (Å²) >= 11 is 0. The molecule has 1 aliphatic carbocycles. The van der Waals surface area contributed by atoms with Crippen molar-refractivity contribution >= 4 is 5.78 Å². The zero-order valence-electron chi connectivity index (χ0n) is 22.1. The predicted octanol–water partition coefficient (Wildman–Crippen LogP) is 8.32. The van der Waals surface area contributed by atoms with Crippen molar-refractivity contribution in [2.24, 2.45) is 0 Å². The summed E-state index contributed by atoms with van der Waals surface area (Å²) in [7, 11) is 0. The minimum absolute atomic E-state index is 0.0259. The highest BCUT2D eigenvalue weighted by atomic mass is 16.3. The Morgan fingerprint density at radius 1 is 0.605 bits per heavy atom. The molecular formula is C35H36O3. The first-order chi connectivity index (χ1) is 18.6. The van der Waals surface area contributed by atoms with Crippen LogP contribution in [-0.4, -0.2) is 16.0 Å². The fourth-order valence-electron chi connectivity index (χ4n) is 6.20. The first kappa shape index (κ1) is 25.8. The lowest BCUT2D eigenvalue weighted by molar-refractivity contribution is 0.103. The van der Waals surface area contributed by atoms with Gasteiger partial charge in [-0.15, -0.1) is 0 Å². The summed E-state index contributed by atoms with van der Waals surface area (Å²) in [6.45, 7) is 2.24. The molecule has 4 aromatic rings. The summed E-state index contributed by atoms with van der Waals surface area (Å²) in [6, 6.07) is 28.8. The van der Waals surface area contributed by atoms with Crippen molar-refractivity contribution in [3.8, 4) is 11.5 Å². The minimum Gasteiger partial charge on any atom is -0.508 e. The molecule has 5 rings (SSSR count). The Morgan fingerprint density at radius 3 is 1.79 bits per heavy atom. The van der Waals surface area contributed by atoms with Crippen LogP contribution in [0.4, 0.5) is 0 Å². The van der Waals surface area contributed by atoms with Crippen LogP contribution in [0.25, 0.3) is 0 Å². The molecular weight excluding hydrogens is 468 g/mol. The van der Waals surface area contributed by atoms with Gasteiger partial charge in [0.05, 0.1) is 5.41 Å². The summed E-state index contributed by atoms with van der Waals surface area (Å²) in [5.74, 6) is 0.477. The van der Waals surface area contributed by atoms with Crippen molar-refractivity contribution in [1.82, 2.24) is 0 Å². The maximum Gasteiger partial charge on any atom is 0.193 e. The molecule has 0 heterocycles. The SMILES string of the molecule is CCCCCCCCCc1cc(O)ccc1C1(c2ccc(O)cc2)c2ccccc2C(=O)c2ccccc21. The van der Waals surface area contributed by atoms with E-state index >= 15 is 0 Å². The highest BCUT2D eigenvalue weighted by molar-refractivity contribution is 6.14. The number of carbonyl (C=O) groups is 1. The summed E-state index contributed by atoms with van der Waals surface area (Å²) in [5.41, 5.74) is 5.61. The van der Waals surface area contributed by atoms with Gasteiger partial charge in [-0.1, -0.05) is 112 Å². The summed E-state index contributed by atoms with van der Waals surface area (Å²) in [5, 5.41) is 20.7. The molecule has 1 aliphatic rings. The number of rotatable bonds is 10. The second-order valence-electron chi connectivity index (χ2n) is 10.4. The quantitative estimate of drug-likeness (QED) is 0.188. The zero-order valence-corrected chi connectivity index (χ0v) is 22.1. The second-order valence-corrected chi connectivity index (χ2v) is 10.4. The molecule has 38 heavy (non-hydrogen) atoms. The molecule has 0 aliphatic heterocycles. The van der Waals surface area contributed by atoms with Gasteiger partial charge in [0.15, 0.2) is 5.78 Å². The Labute approximate surface area is 225 Å². The van der Waals surface area contributed by atoms with Gasteiger partial charge in [0.2, 0.25) is 0 Å². The van der Waals surface area contributed by atoms with Crippen LogP contribution in [0.1, 0.15) is 95.6 Å². The van der Waals surface area contributed by atoms with Crippen molar-refractivity contribution in [3.05, 3.63) is 130 Å². The number of benzene rings is 4. The van der Waals surface area contributed by atoms with E-state index in [0.29, 0.717) is 11.1 Å². The van der Waals surface area contributed by atoms with Crippen LogP contribution in [-0.2, 0) is 11.8 Å². The van der Waals surface area contributed by atoms with Crippen LogP contribution >= 0.6 is 0 Å². The van der Waals surface area contributed by atoms with E-state index in [9.17, 15) is 15.0 Å². The van der Waals surface area contributed by atoms with E-state index in [1.807, 2.05) is 60.7 Å². The first-order valence-corrected chi connectivity index (χ1v) is 13.9. The molecule has 0 atom stereocenters. The molecule has 3 nitrogen and oxygen atoms in total. The molecule has 0 amide bonds. The monoisotopic (exact) mass is 504 g/mol. The molecule has 0 bridgehead atoms. The normalized spacial score (nSPS) is 13.7. The van der Waals surface area contributed by atoms with Crippen LogP contribution in [0, 0.1) is 0 Å². The molecule has 0 unspecified atom stereocenters. The van der Waals surface area contributed by atoms with Gasteiger partial charge in [0.25, 0.3) is 0 Å². The third-order valence-electron chi connectivity index (χ3n) is 7.99. The van der Waals surface area contributed by atoms with E-state index in [1.165, 1.54) is 32.1 Å². The Hall–Kier alpha value is -3.85. The Balaban J connectivity index is 1.69. The molecule has 0 aromatic heterocycles. The number of aromatic hydroxyl groups is 2. The number of carbonyl (C=O) groups excluding carboxylic acids is 1. The number of unbranched alkanes of at least 4 members (excludes halogenated alkanes) is 6. The average Bonchev–Trinajstić information content (AvgIpc) is 2.94. The fraction of sp³-hybridized carbons (Fsp3) is 0.286. The largest absolute Gasteiger partial charge is 0.508 e. The molecule has 4 aromatic carbocycles. The van der Waals surface area contributed by atoms with Gasteiger partial charge in [0, 0.05) is 11.1 Å². The number of aryl methyl sites for hydroxylation is 1. The lowest BCUT2D eigenvalue weighted by Crippen LogP contribution is -2.38. The Bertz CT molecular complexity index is 1370. The number of hydrogen-bond donors (Lipinski definition) is 2. The van der Waals surface area contributed by atoms with Crippen molar-refractivity contribution in [1.29, 1.82) is 0 Å². The summed E-state index contributed by atoms with van der Waals surface area (Å²) in [4.78, 5) is 13.7. The highest BCUT2D eigenvalue weighted by Crippen LogP contribution is 2.52. The molecule has 0 saturated carbocycles. The van der Waals surface area contributed by atoms with E-state index in [1.54, 1.807) is 18.2 Å². The van der Waals surface area contributed by atoms with E-state index in [-0.39, 0.29) is 17.3 Å². The molecule has 3 heteroatoms. The van der Waals surface area contributed by atoms with Crippen LogP contribution < -0.4 is 0 Å². The molecule has 194 valence electrons. The third kappa shape index (κ3) is 4.62. The van der Waals surface area contributed by atoms with E-state index in [0.717, 1.165) is 47.1 Å². The summed E-state index contributed by atoms with van der Waals surface area (Å²) in [6.07, 6.45) is 9.35. The lowest BCUT2D eigenvalue weighted by atomic mass is 9.58. The number of fused-ring (bicyclic) bond motifs is 2. The predicted molar refractivity (Wildman–Crippen MR) is 153 cm³/mol. The van der Waals surface area contributed by atoms with E-state index in [4.69, 9.17) is 0 Å². The fourth-order valence-corrected chi connectivity index (χ4v) is 6.20. The lowest BCUT2D eigenvalue weighted by Gasteiger charge is -2.42. The van der Waals surface area contributed by atoms with Gasteiger partial charge in [-0.05, 0) is 64.9 Å². The van der Waals surface area contributed by atoms with Gasteiger partial charge in [-0.25, -0.2) is 0 Å². The van der Waals surface area contributed by atoms with Crippen LogP contribution in [0.15, 0.2) is 91.0 Å². The average molecular weight is 505 g/mol. The second kappa shape index (κ2) is 11.3. The van der Waals surface area contributed by atoms with Crippen molar-refractivity contribution < 1.29 is 15.0 Å². The van der Waals surface area contributed by atoms with Gasteiger partial charge in [-0.2, -0.15) is 0 Å². The first-order valence-electron chi connectivity index (χ1n) is 13.9. The van der Waals surface area contributed by atoms with Crippen molar-refractivity contribution in [2.45, 2.75) is 63.7 Å². The smallest absolute Gasteiger partial charge is 0.193 e. The minimum atomic E-state index is -0.765. The molecule has 0 radical (unpaired) electrons. The maximum atomic E-state index is 13.7. The third-order valence-corrected chi connectivity index (χ3v) is 7.99. The zero-order chi connectivity index (χ0) is 26.5. The van der Waals surface area contributed by atoms with Gasteiger partial charge in [0.1, 0.15) is 11.5 Å². The standard InChI is InChI=1S/C35H36O3/c1-2-3-4-5-6-7-8-13-25-24-28(37)22-23-31(25)35(26-18-20-27(36)21-19-26)32-16-11-9-14-29(32)34(38)30-15-10-12-17-33(30)35/h9-12,14-24,36-37H,2-8,13H2,1H3. The number of phenolic OH excluding ortho intramolecular Hbond substituents is 2. The number of phenols is 2. The van der Waals surface area contributed by atoms with Crippen LogP contribution in [0.5, 0.6) is 11.5 Å². The van der Waals surface area contributed by atoms with Crippen LogP contribution in [0.3, 0.4) is 0 Å². The Kier molecular flexibility index (Phi) is 7.64. The molecule has 0 spiro atoms. The van der Waals surface area contributed by atoms with E-state index < -0.39 is 5.41 Å². The highest BCUT2D eigenvalue weighted by Gasteiger charge is 2.47. The Morgan fingerprint density at radius 2 is 1.16 bits per heavy atom. The van der Waals surface area contributed by atoms with Crippen molar-refractivity contribution in [3.63, 3.8) is 0 Å². The van der Waals surface area contributed by atoms with Crippen LogP contribution in [0.2, 0.25) is 0 Å². The van der Waals surface area contributed by atoms with Gasteiger partial charge in [-0.3, -0.25) is 4.79 Å². The number of hydrogen-bond acceptors (Lipinski definition) is 3. The molecule has 0 saturated heterocycles. The molecule has 0 fully saturated rings. The maximum absolute atomic E-state index is 13.7. The van der Waals surface area contributed by atoms with Gasteiger partial charge < -0.3 is 10.2 Å². The summed E-state index contributed by atoms with van der Waals surface area (Å²) < 4.78 is 0. The number of ketones is 1.